The molecule has 0 aliphatic heterocycles. The summed E-state index contributed by atoms with van der Waals surface area (Å²) in [6.07, 6.45) is 0. The van der Waals surface area contributed by atoms with Gasteiger partial charge in [-0.25, -0.2) is 0 Å². The van der Waals surface area contributed by atoms with Crippen molar-refractivity contribution in [3.8, 4) is 0 Å². The maximum atomic E-state index is 6.98. The Morgan fingerprint density at radius 2 is 2.29 bits per heavy atom. The molecule has 0 aromatic rings. The van der Waals surface area contributed by atoms with Crippen molar-refractivity contribution >= 4 is 5.84 Å². The largest absolute Gasteiger partial charge is 0.387 e. The van der Waals surface area contributed by atoms with Crippen molar-refractivity contribution in [3.63, 3.8) is 0 Å². The van der Waals surface area contributed by atoms with Crippen molar-refractivity contribution < 1.29 is 4.11 Å². The van der Waals surface area contributed by atoms with E-state index in [1.54, 1.807) is 0 Å². The first kappa shape index (κ1) is 2.70. The number of amidine groups is 1. The molecule has 0 spiro atoms. The van der Waals surface area contributed by atoms with Crippen molar-refractivity contribution in [2.24, 2.45) is 11.1 Å². The van der Waals surface area contributed by atoms with Gasteiger partial charge < -0.3 is 5.73 Å². The topological polar surface area (TPSA) is 49.9 Å². The first-order valence-electron chi connectivity index (χ1n) is 3.54. The van der Waals surface area contributed by atoms with Crippen LogP contribution in [0.5, 0.6) is 0 Å². The molecule has 42 valence electrons. The summed E-state index contributed by atoms with van der Waals surface area (Å²) >= 11 is 0. The summed E-state index contributed by atoms with van der Waals surface area (Å²) in [5.74, 6) is -0.299. The van der Waals surface area contributed by atoms with Crippen LogP contribution in [0.25, 0.3) is 0 Å². The van der Waals surface area contributed by atoms with Crippen LogP contribution in [0, 0.1) is 10.8 Å². The van der Waals surface area contributed by atoms with Gasteiger partial charge in [-0.15, -0.1) is 0 Å². The molecule has 0 saturated heterocycles. The van der Waals surface area contributed by atoms with E-state index < -0.39 is 12.3 Å². The Kier molecular flexibility index (Phi) is 0.587. The fourth-order valence-electron chi connectivity index (χ4n) is 0. The number of nitrogens with one attached hydrogen (secondary N) is 1. The van der Waals surface area contributed by atoms with Crippen molar-refractivity contribution in [2.45, 2.75) is 20.7 Å². The normalized spacial score (nSPS) is 19.4. The minimum absolute atomic E-state index is 0.299. The number of hydrogen-bond donors (Lipinski definition) is 2. The van der Waals surface area contributed by atoms with Crippen LogP contribution in [0.15, 0.2) is 0 Å². The van der Waals surface area contributed by atoms with E-state index in [-0.39, 0.29) is 5.84 Å². The van der Waals surface area contributed by atoms with Crippen molar-refractivity contribution in [3.05, 3.63) is 0 Å². The van der Waals surface area contributed by atoms with E-state index in [9.17, 15) is 0 Å². The van der Waals surface area contributed by atoms with Gasteiger partial charge in [0.25, 0.3) is 0 Å². The lowest BCUT2D eigenvalue weighted by Gasteiger charge is -2.14. The average molecular weight is 103 g/mol. The first-order chi connectivity index (χ1) is 4.19. The summed E-state index contributed by atoms with van der Waals surface area (Å²) < 4.78 is 20.9. The van der Waals surface area contributed by atoms with Crippen LogP contribution in [0.1, 0.15) is 24.8 Å². The molecule has 0 heterocycles. The molecule has 0 aliphatic carbocycles. The molecule has 0 unspecified atom stereocenters. The van der Waals surface area contributed by atoms with Gasteiger partial charge in [-0.3, -0.25) is 5.41 Å². The fraction of sp³-hybridized carbons (Fsp3) is 0.800. The van der Waals surface area contributed by atoms with Gasteiger partial charge in [0.15, 0.2) is 0 Å². The molecular formula is C5H12N2. The Morgan fingerprint density at radius 3 is 2.29 bits per heavy atom. The monoisotopic (exact) mass is 103 g/mol. The molecule has 7 heavy (non-hydrogen) atoms. The van der Waals surface area contributed by atoms with Crippen LogP contribution in [0.2, 0.25) is 0 Å². The summed E-state index contributed by atoms with van der Waals surface area (Å²) in [7, 11) is 0. The lowest BCUT2D eigenvalue weighted by Crippen LogP contribution is -2.27. The highest BCUT2D eigenvalue weighted by Gasteiger charge is 2.12. The van der Waals surface area contributed by atoms with E-state index in [2.05, 4.69) is 0 Å². The molecule has 0 rings (SSSR count). The molecule has 0 fully saturated rings. The maximum Gasteiger partial charge on any atom is 0.0960 e. The highest BCUT2D eigenvalue weighted by Crippen LogP contribution is 2.10. The molecule has 2 nitrogen and oxygen atoms in total. The van der Waals surface area contributed by atoms with Gasteiger partial charge in [0, 0.05) is 9.53 Å². The van der Waals surface area contributed by atoms with Gasteiger partial charge in [0.05, 0.1) is 5.84 Å². The van der Waals surface area contributed by atoms with Gasteiger partial charge in [-0.1, -0.05) is 20.7 Å². The number of nitrogens with two attached hydrogens (primary N) is 1. The van der Waals surface area contributed by atoms with Crippen LogP contribution >= 0.6 is 0 Å². The van der Waals surface area contributed by atoms with Gasteiger partial charge in [0.1, 0.15) is 0 Å². The van der Waals surface area contributed by atoms with Crippen molar-refractivity contribution in [1.82, 2.24) is 0 Å². The molecule has 0 radical (unpaired) electrons. The lowest BCUT2D eigenvalue weighted by atomic mass is 9.96. The quantitative estimate of drug-likeness (QED) is 0.348. The second kappa shape index (κ2) is 1.52. The molecule has 0 aromatic heterocycles. The van der Waals surface area contributed by atoms with Crippen LogP contribution in [0.3, 0.4) is 0 Å². The third kappa shape index (κ3) is 2.20. The smallest absolute Gasteiger partial charge is 0.0960 e. The number of rotatable bonds is 0. The fourth-order valence-corrected chi connectivity index (χ4v) is 0. The van der Waals surface area contributed by atoms with E-state index in [0.717, 1.165) is 0 Å². The summed E-state index contributed by atoms with van der Waals surface area (Å²) in [5, 5.41) is 6.97. The van der Waals surface area contributed by atoms with Gasteiger partial charge in [0.2, 0.25) is 0 Å². The molecule has 0 atom stereocenters. The number of hydrogen-bond acceptors (Lipinski definition) is 1. The third-order valence-corrected chi connectivity index (χ3v) is 0.673. The molecule has 0 bridgehead atoms. The summed E-state index contributed by atoms with van der Waals surface area (Å²) in [5.41, 5.74) is 3.88. The molecule has 3 N–H and O–H groups in total. The Bertz CT molecular complexity index is 147. The molecule has 0 saturated carbocycles. The predicted molar refractivity (Wildman–Crippen MR) is 31.4 cm³/mol. The summed E-state index contributed by atoms with van der Waals surface area (Å²) in [4.78, 5) is 0. The zero-order valence-corrected chi connectivity index (χ0v) is 4.58. The van der Waals surface area contributed by atoms with E-state index in [1.807, 2.05) is 0 Å². The zero-order chi connectivity index (χ0) is 8.58. The molecular weight excluding hydrogens is 88.1 g/mol. The van der Waals surface area contributed by atoms with E-state index in [1.165, 1.54) is 13.8 Å². The minimum atomic E-state index is -2.18. The van der Waals surface area contributed by atoms with Crippen LogP contribution in [-0.2, 0) is 0 Å². The van der Waals surface area contributed by atoms with Crippen molar-refractivity contribution in [2.75, 3.05) is 0 Å². The summed E-state index contributed by atoms with van der Waals surface area (Å²) in [6, 6.07) is 0. The second-order valence-corrected chi connectivity index (χ2v) is 2.04. The molecule has 0 amide bonds. The van der Waals surface area contributed by atoms with E-state index in [0.29, 0.717) is 0 Å². The SMILES string of the molecule is [2H]C([2H])([2H])C(C)(C)C(=N)N. The summed E-state index contributed by atoms with van der Waals surface area (Å²) in [6.45, 7) is 0.684. The van der Waals surface area contributed by atoms with Crippen molar-refractivity contribution in [1.29, 1.82) is 5.41 Å². The Labute approximate surface area is 48.4 Å². The Morgan fingerprint density at radius 1 is 1.86 bits per heavy atom. The highest BCUT2D eigenvalue weighted by molar-refractivity contribution is 5.82. The minimum Gasteiger partial charge on any atom is -0.387 e. The first-order valence-corrected chi connectivity index (χ1v) is 2.04. The van der Waals surface area contributed by atoms with Crippen LogP contribution in [-0.4, -0.2) is 5.84 Å². The molecule has 0 aromatic carbocycles. The van der Waals surface area contributed by atoms with Crippen LogP contribution in [0.4, 0.5) is 0 Å². The predicted octanol–water partition coefficient (Wildman–Crippen LogP) is 0.968. The molecule has 0 aliphatic rings. The molecule has 2 heteroatoms. The standard InChI is InChI=1S/C5H12N2/c1-5(2,3)4(6)7/h1-3H3,(H3,6,7)/i1D3. The second-order valence-electron chi connectivity index (χ2n) is 2.04. The van der Waals surface area contributed by atoms with Crippen LogP contribution < -0.4 is 5.73 Å². The van der Waals surface area contributed by atoms with E-state index in [4.69, 9.17) is 15.3 Å². The average Bonchev–Trinajstić information content (AvgIpc) is 1.62. The highest BCUT2D eigenvalue weighted by atomic mass is 14.7. The zero-order valence-electron chi connectivity index (χ0n) is 7.58. The van der Waals surface area contributed by atoms with E-state index >= 15 is 0 Å². The lowest BCUT2D eigenvalue weighted by molar-refractivity contribution is 0.581. The van der Waals surface area contributed by atoms with Gasteiger partial charge >= 0.3 is 0 Å². The Balaban J connectivity index is 4.57. The maximum absolute atomic E-state index is 6.98. The van der Waals surface area contributed by atoms with Gasteiger partial charge in [-0.2, -0.15) is 0 Å². The third-order valence-electron chi connectivity index (χ3n) is 0.673. The Hall–Kier alpha value is -0.530. The van der Waals surface area contributed by atoms with Gasteiger partial charge in [-0.05, 0) is 0 Å².